The first-order chi connectivity index (χ1) is 10.2. The highest BCUT2D eigenvalue weighted by Gasteiger charge is 2.13. The molecule has 1 aromatic carbocycles. The van der Waals surface area contributed by atoms with Gasteiger partial charge in [-0.05, 0) is 12.1 Å². The number of nitrogens with one attached hydrogen (secondary N) is 2. The molecule has 0 amide bonds. The summed E-state index contributed by atoms with van der Waals surface area (Å²) in [6.45, 7) is 0. The predicted molar refractivity (Wildman–Crippen MR) is 81.0 cm³/mol. The summed E-state index contributed by atoms with van der Waals surface area (Å²) < 4.78 is 15.9. The van der Waals surface area contributed by atoms with Gasteiger partial charge >= 0.3 is 0 Å². The highest BCUT2D eigenvalue weighted by atomic mass is 16.5. The van der Waals surface area contributed by atoms with Gasteiger partial charge in [-0.1, -0.05) is 0 Å². The number of benzene rings is 1. The Labute approximate surface area is 123 Å². The van der Waals surface area contributed by atoms with Crippen LogP contribution in [-0.4, -0.2) is 38.3 Å². The summed E-state index contributed by atoms with van der Waals surface area (Å²) in [7, 11) is 6.54. The maximum Gasteiger partial charge on any atom is 0.204 e. The van der Waals surface area contributed by atoms with Crippen molar-refractivity contribution in [3.8, 4) is 17.2 Å². The van der Waals surface area contributed by atoms with Gasteiger partial charge in [-0.15, -0.1) is 0 Å². The Morgan fingerprint density at radius 2 is 1.71 bits per heavy atom. The number of anilines is 3. The van der Waals surface area contributed by atoms with Gasteiger partial charge in [-0.3, -0.25) is 0 Å². The SMILES string of the molecule is CNc1ncnc(Nc2cc(OC)ccc2OC)c1OC. The van der Waals surface area contributed by atoms with Crippen molar-refractivity contribution in [2.75, 3.05) is 39.0 Å². The summed E-state index contributed by atoms with van der Waals surface area (Å²) >= 11 is 0. The van der Waals surface area contributed by atoms with E-state index in [1.807, 2.05) is 18.2 Å². The van der Waals surface area contributed by atoms with Crippen LogP contribution >= 0.6 is 0 Å². The molecule has 7 heteroatoms. The second-order valence-electron chi connectivity index (χ2n) is 4.05. The molecular formula is C14H18N4O3. The largest absolute Gasteiger partial charge is 0.497 e. The van der Waals surface area contributed by atoms with E-state index >= 15 is 0 Å². The summed E-state index contributed by atoms with van der Waals surface area (Å²) in [5.74, 6) is 3.02. The van der Waals surface area contributed by atoms with E-state index < -0.39 is 0 Å². The van der Waals surface area contributed by atoms with Crippen LogP contribution in [0.25, 0.3) is 0 Å². The van der Waals surface area contributed by atoms with Crippen LogP contribution in [0.2, 0.25) is 0 Å². The number of hydrogen-bond acceptors (Lipinski definition) is 7. The average molecular weight is 290 g/mol. The molecule has 0 saturated carbocycles. The lowest BCUT2D eigenvalue weighted by Gasteiger charge is -2.15. The molecule has 21 heavy (non-hydrogen) atoms. The second-order valence-corrected chi connectivity index (χ2v) is 4.05. The van der Waals surface area contributed by atoms with Crippen LogP contribution in [0.3, 0.4) is 0 Å². The Hall–Kier alpha value is -2.70. The lowest BCUT2D eigenvalue weighted by molar-refractivity contribution is 0.404. The monoisotopic (exact) mass is 290 g/mol. The van der Waals surface area contributed by atoms with E-state index in [-0.39, 0.29) is 0 Å². The molecule has 7 nitrogen and oxygen atoms in total. The zero-order chi connectivity index (χ0) is 15.2. The average Bonchev–Trinajstić information content (AvgIpc) is 2.54. The standard InChI is InChI=1S/C14H18N4O3/c1-15-13-12(21-4)14(17-8-16-13)18-10-7-9(19-2)5-6-11(10)20-3/h5-8H,1-4H3,(H2,15,16,17,18). The minimum absolute atomic E-state index is 0.518. The van der Waals surface area contributed by atoms with E-state index in [4.69, 9.17) is 14.2 Å². The number of rotatable bonds is 6. The maximum absolute atomic E-state index is 5.35. The van der Waals surface area contributed by atoms with Crippen molar-refractivity contribution in [1.82, 2.24) is 9.97 Å². The minimum atomic E-state index is 0.518. The number of methoxy groups -OCH3 is 3. The fourth-order valence-corrected chi connectivity index (χ4v) is 1.87. The van der Waals surface area contributed by atoms with E-state index in [0.29, 0.717) is 28.9 Å². The number of ether oxygens (including phenoxy) is 3. The molecule has 1 heterocycles. The Bertz CT molecular complexity index is 619. The Morgan fingerprint density at radius 3 is 2.33 bits per heavy atom. The molecule has 0 spiro atoms. The van der Waals surface area contributed by atoms with Crippen molar-refractivity contribution in [3.63, 3.8) is 0 Å². The van der Waals surface area contributed by atoms with E-state index in [2.05, 4.69) is 20.6 Å². The van der Waals surface area contributed by atoms with E-state index in [1.54, 1.807) is 28.4 Å². The minimum Gasteiger partial charge on any atom is -0.497 e. The van der Waals surface area contributed by atoms with Crippen molar-refractivity contribution in [3.05, 3.63) is 24.5 Å². The van der Waals surface area contributed by atoms with Crippen LogP contribution < -0.4 is 24.8 Å². The smallest absolute Gasteiger partial charge is 0.204 e. The topological polar surface area (TPSA) is 77.5 Å². The molecule has 112 valence electrons. The fraction of sp³-hybridized carbons (Fsp3) is 0.286. The number of nitrogens with zero attached hydrogens (tertiary/aromatic N) is 2. The first-order valence-electron chi connectivity index (χ1n) is 6.29. The van der Waals surface area contributed by atoms with Crippen LogP contribution in [0.4, 0.5) is 17.3 Å². The van der Waals surface area contributed by atoms with Crippen LogP contribution in [0, 0.1) is 0 Å². The van der Waals surface area contributed by atoms with Gasteiger partial charge in [0.1, 0.15) is 17.8 Å². The molecule has 0 saturated heterocycles. The van der Waals surface area contributed by atoms with Gasteiger partial charge in [0.25, 0.3) is 0 Å². The van der Waals surface area contributed by atoms with E-state index in [0.717, 1.165) is 5.69 Å². The van der Waals surface area contributed by atoms with Crippen molar-refractivity contribution < 1.29 is 14.2 Å². The lowest BCUT2D eigenvalue weighted by atomic mass is 10.2. The fourth-order valence-electron chi connectivity index (χ4n) is 1.87. The van der Waals surface area contributed by atoms with Crippen LogP contribution in [0.1, 0.15) is 0 Å². The van der Waals surface area contributed by atoms with Gasteiger partial charge in [0.05, 0.1) is 27.0 Å². The summed E-state index contributed by atoms with van der Waals surface area (Å²) in [4.78, 5) is 8.30. The molecule has 1 aromatic heterocycles. The molecular weight excluding hydrogens is 272 g/mol. The predicted octanol–water partition coefficient (Wildman–Crippen LogP) is 2.29. The molecule has 0 atom stereocenters. The molecule has 0 unspecified atom stereocenters. The summed E-state index contributed by atoms with van der Waals surface area (Å²) in [6, 6.07) is 5.45. The highest BCUT2D eigenvalue weighted by molar-refractivity contribution is 5.73. The molecule has 0 bridgehead atoms. The van der Waals surface area contributed by atoms with Gasteiger partial charge in [0, 0.05) is 13.1 Å². The van der Waals surface area contributed by atoms with E-state index in [9.17, 15) is 0 Å². The van der Waals surface area contributed by atoms with Crippen LogP contribution in [0.15, 0.2) is 24.5 Å². The summed E-state index contributed by atoms with van der Waals surface area (Å²) in [5.41, 5.74) is 0.718. The quantitative estimate of drug-likeness (QED) is 0.845. The zero-order valence-electron chi connectivity index (χ0n) is 12.4. The molecule has 0 radical (unpaired) electrons. The number of hydrogen-bond donors (Lipinski definition) is 2. The van der Waals surface area contributed by atoms with Gasteiger partial charge in [-0.2, -0.15) is 0 Å². The summed E-state index contributed by atoms with van der Waals surface area (Å²) in [6.07, 6.45) is 1.45. The maximum atomic E-state index is 5.35. The molecule has 0 aliphatic carbocycles. The summed E-state index contributed by atoms with van der Waals surface area (Å²) in [5, 5.41) is 6.12. The zero-order valence-corrected chi connectivity index (χ0v) is 12.4. The first kappa shape index (κ1) is 14.7. The molecule has 0 aliphatic rings. The number of aromatic nitrogens is 2. The van der Waals surface area contributed by atoms with Crippen molar-refractivity contribution >= 4 is 17.3 Å². The molecule has 2 N–H and O–H groups in total. The van der Waals surface area contributed by atoms with Crippen molar-refractivity contribution in [2.45, 2.75) is 0 Å². The van der Waals surface area contributed by atoms with Crippen molar-refractivity contribution in [1.29, 1.82) is 0 Å². The first-order valence-corrected chi connectivity index (χ1v) is 6.29. The third kappa shape index (κ3) is 3.07. The highest BCUT2D eigenvalue weighted by Crippen LogP contribution is 2.35. The third-order valence-electron chi connectivity index (χ3n) is 2.90. The molecule has 0 fully saturated rings. The normalized spacial score (nSPS) is 9.90. The Kier molecular flexibility index (Phi) is 4.65. The van der Waals surface area contributed by atoms with Gasteiger partial charge in [0.15, 0.2) is 11.6 Å². The van der Waals surface area contributed by atoms with Crippen molar-refractivity contribution in [2.24, 2.45) is 0 Å². The van der Waals surface area contributed by atoms with E-state index in [1.165, 1.54) is 6.33 Å². The molecule has 2 aromatic rings. The Morgan fingerprint density at radius 1 is 0.952 bits per heavy atom. The van der Waals surface area contributed by atoms with Gasteiger partial charge in [-0.25, -0.2) is 9.97 Å². The lowest BCUT2D eigenvalue weighted by Crippen LogP contribution is -2.04. The van der Waals surface area contributed by atoms with Crippen LogP contribution in [0.5, 0.6) is 17.2 Å². The second kappa shape index (κ2) is 6.65. The van der Waals surface area contributed by atoms with Crippen LogP contribution in [-0.2, 0) is 0 Å². The molecule has 2 rings (SSSR count). The Balaban J connectivity index is 2.42. The molecule has 0 aliphatic heterocycles. The van der Waals surface area contributed by atoms with Gasteiger partial charge < -0.3 is 24.8 Å². The third-order valence-corrected chi connectivity index (χ3v) is 2.90. The van der Waals surface area contributed by atoms with Gasteiger partial charge in [0.2, 0.25) is 5.75 Å².